The van der Waals surface area contributed by atoms with Gasteiger partial charge in [0, 0.05) is 11.6 Å². The van der Waals surface area contributed by atoms with E-state index in [9.17, 15) is 9.59 Å². The van der Waals surface area contributed by atoms with Gasteiger partial charge in [0.2, 0.25) is 11.6 Å². The smallest absolute Gasteiger partial charge is 0.236 e. The van der Waals surface area contributed by atoms with Crippen molar-refractivity contribution in [1.29, 1.82) is 0 Å². The Balaban J connectivity index is 0.00000113. The Morgan fingerprint density at radius 1 is 0.727 bits per heavy atom. The number of carbonyl (C=O) groups excluding carboxylic acids is 2. The maximum absolute atomic E-state index is 12.4. The molecular weight excluding hydrogens is 416 g/mol. The number of ether oxygens (including phenoxy) is 2. The molecular formula is C28H36O5. The topological polar surface area (TPSA) is 65.7 Å². The molecule has 1 heterocycles. The Bertz CT molecular complexity index is 959. The molecule has 178 valence electrons. The molecule has 2 aromatic carbocycles. The molecule has 0 spiro atoms. The Morgan fingerprint density at radius 3 is 1.73 bits per heavy atom. The maximum Gasteiger partial charge on any atom is 0.236 e. The number of hydrogen-bond donors (Lipinski definition) is 0. The van der Waals surface area contributed by atoms with Crippen molar-refractivity contribution < 1.29 is 23.5 Å². The van der Waals surface area contributed by atoms with E-state index in [4.69, 9.17) is 13.9 Å². The zero-order valence-electron chi connectivity index (χ0n) is 21.0. The fraction of sp³-hybridized carbons (Fsp3) is 0.286. The van der Waals surface area contributed by atoms with Gasteiger partial charge in [0.05, 0.1) is 26.0 Å². The fourth-order valence-corrected chi connectivity index (χ4v) is 2.47. The number of methoxy groups -OCH3 is 2. The predicted molar refractivity (Wildman–Crippen MR) is 136 cm³/mol. The molecule has 5 heteroatoms. The minimum Gasteiger partial charge on any atom is -0.497 e. The third-order valence-electron chi connectivity index (χ3n) is 4.13. The van der Waals surface area contributed by atoms with Gasteiger partial charge in [-0.3, -0.25) is 9.59 Å². The number of allylic oxidation sites excluding steroid dienone is 2. The van der Waals surface area contributed by atoms with Gasteiger partial charge in [-0.05, 0) is 49.2 Å². The average Bonchev–Trinajstić information content (AvgIpc) is 3.45. The third kappa shape index (κ3) is 9.19. The monoisotopic (exact) mass is 452 g/mol. The van der Waals surface area contributed by atoms with Crippen molar-refractivity contribution in [1.82, 2.24) is 0 Å². The van der Waals surface area contributed by atoms with Crippen molar-refractivity contribution in [3.8, 4) is 22.6 Å². The molecule has 0 fully saturated rings. The lowest BCUT2D eigenvalue weighted by atomic mass is 9.98. The Morgan fingerprint density at radius 2 is 1.27 bits per heavy atom. The second kappa shape index (κ2) is 17.0. The summed E-state index contributed by atoms with van der Waals surface area (Å²) in [7, 11) is 3.14. The number of rotatable bonds is 6. The Labute approximate surface area is 198 Å². The molecule has 0 N–H and O–H groups in total. The number of ketones is 2. The Hall–Kier alpha value is -3.60. The van der Waals surface area contributed by atoms with Crippen LogP contribution in [0, 0.1) is 0 Å². The number of hydrogen-bond acceptors (Lipinski definition) is 5. The summed E-state index contributed by atoms with van der Waals surface area (Å²) < 4.78 is 15.4. The molecule has 0 radical (unpaired) electrons. The first-order valence-corrected chi connectivity index (χ1v) is 11.1. The van der Waals surface area contributed by atoms with E-state index in [0.717, 1.165) is 11.1 Å². The predicted octanol–water partition coefficient (Wildman–Crippen LogP) is 7.66. The number of furan rings is 1. The first-order valence-electron chi connectivity index (χ1n) is 11.1. The third-order valence-corrected chi connectivity index (χ3v) is 4.13. The van der Waals surface area contributed by atoms with Crippen LogP contribution in [0.25, 0.3) is 11.1 Å². The van der Waals surface area contributed by atoms with Crippen molar-refractivity contribution in [3.63, 3.8) is 0 Å². The molecule has 0 bridgehead atoms. The van der Waals surface area contributed by atoms with Crippen molar-refractivity contribution in [3.05, 3.63) is 84.3 Å². The molecule has 0 amide bonds. The van der Waals surface area contributed by atoms with E-state index in [0.29, 0.717) is 17.1 Å². The molecule has 0 saturated heterocycles. The molecule has 0 aliphatic carbocycles. The van der Waals surface area contributed by atoms with Gasteiger partial charge >= 0.3 is 0 Å². The highest BCUT2D eigenvalue weighted by atomic mass is 16.5. The quantitative estimate of drug-likeness (QED) is 0.218. The standard InChI is InChI=1S/C20H16O5.C4H8.2C2H6/c1-23-17-9-16(10-18(11-17)24-2)13-4-3-5-14(8-13)19(21)20(22)15-6-7-25-12-15;1-3-4-2;2*1-2/h3-12H,1-2H3;3-4H,1-2H3;2*1-2H3/b;4-3-;;. The van der Waals surface area contributed by atoms with Gasteiger partial charge in [-0.2, -0.15) is 0 Å². The summed E-state index contributed by atoms with van der Waals surface area (Å²) in [5.41, 5.74) is 2.15. The van der Waals surface area contributed by atoms with Crippen LogP contribution in [0.2, 0.25) is 0 Å². The van der Waals surface area contributed by atoms with Crippen molar-refractivity contribution in [2.45, 2.75) is 41.5 Å². The van der Waals surface area contributed by atoms with Gasteiger partial charge in [-0.1, -0.05) is 58.0 Å². The molecule has 3 aromatic rings. The number of Topliss-reactive ketones (excluding diaryl/α,β-unsaturated/α-hetero) is 2. The Kier molecular flexibility index (Phi) is 15.2. The van der Waals surface area contributed by atoms with E-state index < -0.39 is 11.6 Å². The lowest BCUT2D eigenvalue weighted by molar-refractivity contribution is 0.0816. The molecule has 5 nitrogen and oxygen atoms in total. The van der Waals surface area contributed by atoms with E-state index in [2.05, 4.69) is 0 Å². The molecule has 0 atom stereocenters. The summed E-state index contributed by atoms with van der Waals surface area (Å²) in [5.74, 6) is 0.0911. The molecule has 1 aromatic heterocycles. The zero-order valence-corrected chi connectivity index (χ0v) is 21.0. The molecule has 0 aliphatic rings. The first-order chi connectivity index (χ1) is 16.0. The van der Waals surface area contributed by atoms with Gasteiger partial charge in [-0.15, -0.1) is 0 Å². The minimum absolute atomic E-state index is 0.235. The highest BCUT2D eigenvalue weighted by molar-refractivity contribution is 6.49. The van der Waals surface area contributed by atoms with Crippen molar-refractivity contribution in [2.75, 3.05) is 14.2 Å². The lowest BCUT2D eigenvalue weighted by Crippen LogP contribution is -2.13. The molecule has 0 saturated carbocycles. The second-order valence-corrected chi connectivity index (χ2v) is 6.02. The van der Waals surface area contributed by atoms with Gasteiger partial charge in [0.25, 0.3) is 0 Å². The summed E-state index contributed by atoms with van der Waals surface area (Å²) in [6.07, 6.45) is 6.62. The molecule has 3 rings (SSSR count). The maximum atomic E-state index is 12.4. The van der Waals surface area contributed by atoms with Crippen LogP contribution < -0.4 is 9.47 Å². The highest BCUT2D eigenvalue weighted by Crippen LogP contribution is 2.30. The zero-order chi connectivity index (χ0) is 25.2. The van der Waals surface area contributed by atoms with Gasteiger partial charge < -0.3 is 13.9 Å². The van der Waals surface area contributed by atoms with Crippen LogP contribution in [0.1, 0.15) is 62.3 Å². The summed E-state index contributed by atoms with van der Waals surface area (Å²) in [4.78, 5) is 24.6. The number of carbonyl (C=O) groups is 2. The van der Waals surface area contributed by atoms with Gasteiger partial charge in [0.1, 0.15) is 17.8 Å². The minimum atomic E-state index is -0.603. The van der Waals surface area contributed by atoms with Crippen molar-refractivity contribution >= 4 is 11.6 Å². The van der Waals surface area contributed by atoms with Crippen LogP contribution in [0.5, 0.6) is 11.5 Å². The van der Waals surface area contributed by atoms with Crippen LogP contribution in [0.15, 0.2) is 77.6 Å². The van der Waals surface area contributed by atoms with E-state index in [1.807, 2.05) is 71.9 Å². The van der Waals surface area contributed by atoms with Crippen molar-refractivity contribution in [2.24, 2.45) is 0 Å². The van der Waals surface area contributed by atoms with Gasteiger partial charge in [-0.25, -0.2) is 0 Å². The highest BCUT2D eigenvalue weighted by Gasteiger charge is 2.19. The van der Waals surface area contributed by atoms with Crippen LogP contribution in [-0.4, -0.2) is 25.8 Å². The summed E-state index contributed by atoms with van der Waals surface area (Å²) >= 11 is 0. The normalized spacial score (nSPS) is 9.33. The van der Waals surface area contributed by atoms with Crippen LogP contribution >= 0.6 is 0 Å². The van der Waals surface area contributed by atoms with E-state index in [1.54, 1.807) is 38.5 Å². The average molecular weight is 453 g/mol. The van der Waals surface area contributed by atoms with E-state index in [1.165, 1.54) is 18.6 Å². The van der Waals surface area contributed by atoms with Gasteiger partial charge in [0.15, 0.2) is 0 Å². The molecule has 33 heavy (non-hydrogen) atoms. The van der Waals surface area contributed by atoms with Crippen LogP contribution in [0.3, 0.4) is 0 Å². The number of benzene rings is 2. The summed E-state index contributed by atoms with van der Waals surface area (Å²) in [6.45, 7) is 12.0. The van der Waals surface area contributed by atoms with Crippen LogP contribution in [-0.2, 0) is 0 Å². The van der Waals surface area contributed by atoms with E-state index >= 15 is 0 Å². The lowest BCUT2D eigenvalue weighted by Gasteiger charge is -2.09. The summed E-state index contributed by atoms with van der Waals surface area (Å²) in [5, 5.41) is 0. The second-order valence-electron chi connectivity index (χ2n) is 6.02. The van der Waals surface area contributed by atoms with Crippen LogP contribution in [0.4, 0.5) is 0 Å². The molecule has 0 unspecified atom stereocenters. The fourth-order valence-electron chi connectivity index (χ4n) is 2.47. The first kappa shape index (κ1) is 29.4. The molecule has 0 aliphatic heterocycles. The largest absolute Gasteiger partial charge is 0.497 e. The summed E-state index contributed by atoms with van der Waals surface area (Å²) in [6, 6.07) is 13.8. The van der Waals surface area contributed by atoms with E-state index in [-0.39, 0.29) is 5.56 Å². The SMILES string of the molecule is C/C=C\C.CC.CC.COc1cc(OC)cc(-c2cccc(C(=O)C(=O)c3ccoc3)c2)c1.